The van der Waals surface area contributed by atoms with Gasteiger partial charge in [0.05, 0.1) is 20.6 Å². The average Bonchev–Trinajstić information content (AvgIpc) is 3.21. The number of halogens is 3. The number of amides is 1. The number of ether oxygens (including phenoxy) is 1. The molecule has 0 atom stereocenters. The molecule has 4 nitrogen and oxygen atoms in total. The van der Waals surface area contributed by atoms with Crippen molar-refractivity contribution in [1.29, 1.82) is 0 Å². The molecule has 1 N–H and O–H groups in total. The Labute approximate surface area is 221 Å². The molecule has 0 bridgehead atoms. The van der Waals surface area contributed by atoms with Crippen LogP contribution in [-0.2, 0) is 11.4 Å². The molecule has 1 heterocycles. The number of fused-ring (bicyclic) bond motifs is 1. The van der Waals surface area contributed by atoms with E-state index in [0.717, 1.165) is 21.9 Å². The Kier molecular flexibility index (Phi) is 7.02. The number of hydrogen-bond acceptors (Lipinski definition) is 4. The molecule has 5 rings (SSSR count). The van der Waals surface area contributed by atoms with Crippen LogP contribution in [0.1, 0.15) is 11.1 Å². The molecule has 1 amide bonds. The maximum absolute atomic E-state index is 12.8. The summed E-state index contributed by atoms with van der Waals surface area (Å²) in [5, 5.41) is 6.65. The summed E-state index contributed by atoms with van der Waals surface area (Å²) < 4.78 is 6.18. The Bertz CT molecular complexity index is 1500. The highest BCUT2D eigenvalue weighted by Gasteiger charge is 2.25. The highest BCUT2D eigenvalue weighted by atomic mass is 35.5. The second kappa shape index (κ2) is 10.3. The van der Waals surface area contributed by atoms with E-state index in [1.807, 2.05) is 66.7 Å². The fourth-order valence-electron chi connectivity index (χ4n) is 3.59. The maximum Gasteiger partial charge on any atom is 0.264 e. The number of benzene rings is 4. The number of carbonyl (C=O) groups excluding carboxylic acids is 1. The summed E-state index contributed by atoms with van der Waals surface area (Å²) in [6.45, 7) is 0.366. The van der Waals surface area contributed by atoms with Gasteiger partial charge in [-0.3, -0.25) is 4.79 Å². The summed E-state index contributed by atoms with van der Waals surface area (Å²) in [4.78, 5) is 17.8. The number of nitrogens with one attached hydrogen (secondary N) is 1. The molecule has 1 saturated heterocycles. The van der Waals surface area contributed by atoms with E-state index < -0.39 is 0 Å². The Hall–Kier alpha value is -2.96. The molecular formula is C27H17Cl3N2O2S. The van der Waals surface area contributed by atoms with Gasteiger partial charge in [0.1, 0.15) is 12.4 Å². The van der Waals surface area contributed by atoms with Crippen molar-refractivity contribution in [2.45, 2.75) is 6.61 Å². The quantitative estimate of drug-likeness (QED) is 0.260. The summed E-state index contributed by atoms with van der Waals surface area (Å²) in [5.74, 6) is 0.423. The van der Waals surface area contributed by atoms with Crippen LogP contribution >= 0.6 is 46.6 Å². The first-order valence-electron chi connectivity index (χ1n) is 10.6. The third-order valence-corrected chi connectivity index (χ3v) is 7.29. The highest BCUT2D eigenvalue weighted by molar-refractivity contribution is 8.18. The van der Waals surface area contributed by atoms with Crippen molar-refractivity contribution in [1.82, 2.24) is 5.32 Å². The van der Waals surface area contributed by atoms with Crippen molar-refractivity contribution in [3.05, 3.63) is 110 Å². The van der Waals surface area contributed by atoms with Gasteiger partial charge in [0, 0.05) is 10.6 Å². The van der Waals surface area contributed by atoms with Crippen molar-refractivity contribution in [2.75, 3.05) is 0 Å². The van der Waals surface area contributed by atoms with Crippen molar-refractivity contribution in [2.24, 2.45) is 4.99 Å². The maximum atomic E-state index is 12.8. The number of thioether (sulfide) groups is 1. The molecule has 0 unspecified atom stereocenters. The molecule has 0 radical (unpaired) electrons. The summed E-state index contributed by atoms with van der Waals surface area (Å²) >= 11 is 19.6. The van der Waals surface area contributed by atoms with Crippen LogP contribution in [0.15, 0.2) is 88.8 Å². The molecule has 8 heteroatoms. The zero-order chi connectivity index (χ0) is 24.4. The fraction of sp³-hybridized carbons (Fsp3) is 0.0370. The van der Waals surface area contributed by atoms with Crippen LogP contribution in [0, 0.1) is 0 Å². The number of hydrogen-bond donors (Lipinski definition) is 1. The SMILES string of the molecule is O=C1NC(=Nc2cccc(Cl)c2Cl)S/C1=C/c1c(OCc2ccc(Cl)cc2)ccc2ccccc12. The third-order valence-electron chi connectivity index (χ3n) is 5.32. The van der Waals surface area contributed by atoms with Crippen molar-refractivity contribution >= 4 is 80.2 Å². The Morgan fingerprint density at radius 2 is 1.71 bits per heavy atom. The van der Waals surface area contributed by atoms with E-state index in [9.17, 15) is 4.79 Å². The second-order valence-electron chi connectivity index (χ2n) is 7.67. The van der Waals surface area contributed by atoms with E-state index in [1.165, 1.54) is 11.8 Å². The molecule has 0 saturated carbocycles. The van der Waals surface area contributed by atoms with E-state index in [1.54, 1.807) is 18.2 Å². The molecule has 1 aliphatic heterocycles. The van der Waals surface area contributed by atoms with Crippen LogP contribution in [0.2, 0.25) is 15.1 Å². The molecule has 35 heavy (non-hydrogen) atoms. The Balaban J connectivity index is 1.49. The average molecular weight is 540 g/mol. The predicted octanol–water partition coefficient (Wildman–Crippen LogP) is 8.27. The lowest BCUT2D eigenvalue weighted by Crippen LogP contribution is -2.19. The molecule has 1 fully saturated rings. The van der Waals surface area contributed by atoms with Crippen LogP contribution in [0.4, 0.5) is 5.69 Å². The van der Waals surface area contributed by atoms with Gasteiger partial charge in [0.25, 0.3) is 5.91 Å². The lowest BCUT2D eigenvalue weighted by atomic mass is 10.0. The van der Waals surface area contributed by atoms with E-state index in [2.05, 4.69) is 10.3 Å². The van der Waals surface area contributed by atoms with E-state index in [4.69, 9.17) is 39.5 Å². The lowest BCUT2D eigenvalue weighted by molar-refractivity contribution is -0.115. The van der Waals surface area contributed by atoms with E-state index in [0.29, 0.717) is 43.2 Å². The second-order valence-corrected chi connectivity index (χ2v) is 9.92. The molecule has 4 aromatic carbocycles. The van der Waals surface area contributed by atoms with Gasteiger partial charge in [-0.05, 0) is 64.5 Å². The van der Waals surface area contributed by atoms with Crippen LogP contribution in [0.25, 0.3) is 16.8 Å². The number of nitrogens with zero attached hydrogens (tertiary/aromatic N) is 1. The standard InChI is InChI=1S/C27H17Cl3N2O2S/c28-18-11-8-16(9-12-18)15-34-23-13-10-17-4-1-2-5-19(17)20(23)14-24-26(33)32-27(35-24)31-22-7-3-6-21(29)25(22)30/h1-14H,15H2,(H,31,32,33)/b24-14+. The summed E-state index contributed by atoms with van der Waals surface area (Å²) in [6, 6.07) is 24.6. The number of carbonyl (C=O) groups is 1. The Morgan fingerprint density at radius 1 is 0.914 bits per heavy atom. The third kappa shape index (κ3) is 5.34. The van der Waals surface area contributed by atoms with Gasteiger partial charge in [-0.15, -0.1) is 0 Å². The summed E-state index contributed by atoms with van der Waals surface area (Å²) in [7, 11) is 0. The molecule has 0 spiro atoms. The minimum absolute atomic E-state index is 0.247. The topological polar surface area (TPSA) is 50.7 Å². The van der Waals surface area contributed by atoms with Crippen molar-refractivity contribution in [3.63, 3.8) is 0 Å². The smallest absolute Gasteiger partial charge is 0.264 e. The van der Waals surface area contributed by atoms with Crippen molar-refractivity contribution in [3.8, 4) is 5.75 Å². The van der Waals surface area contributed by atoms with Gasteiger partial charge in [0.2, 0.25) is 0 Å². The van der Waals surface area contributed by atoms with Gasteiger partial charge in [-0.25, -0.2) is 4.99 Å². The van der Waals surface area contributed by atoms with Gasteiger partial charge in [-0.2, -0.15) is 0 Å². The number of aliphatic imine (C=N–C) groups is 1. The molecule has 0 aromatic heterocycles. The zero-order valence-corrected chi connectivity index (χ0v) is 21.2. The minimum atomic E-state index is -0.247. The first kappa shape index (κ1) is 23.8. The van der Waals surface area contributed by atoms with Crippen LogP contribution in [-0.4, -0.2) is 11.1 Å². The number of amidine groups is 1. The van der Waals surface area contributed by atoms with Gasteiger partial charge in [-0.1, -0.05) is 83.3 Å². The highest BCUT2D eigenvalue weighted by Crippen LogP contribution is 2.37. The van der Waals surface area contributed by atoms with Crippen molar-refractivity contribution < 1.29 is 9.53 Å². The van der Waals surface area contributed by atoms with Gasteiger partial charge >= 0.3 is 0 Å². The molecule has 4 aromatic rings. The lowest BCUT2D eigenvalue weighted by Gasteiger charge is -2.13. The van der Waals surface area contributed by atoms with E-state index >= 15 is 0 Å². The molecular weight excluding hydrogens is 523 g/mol. The first-order valence-corrected chi connectivity index (χ1v) is 12.6. The summed E-state index contributed by atoms with van der Waals surface area (Å²) in [5.41, 5.74) is 2.29. The normalized spacial score (nSPS) is 15.7. The molecule has 1 aliphatic rings. The number of rotatable bonds is 5. The Morgan fingerprint density at radius 3 is 2.54 bits per heavy atom. The predicted molar refractivity (Wildman–Crippen MR) is 147 cm³/mol. The monoisotopic (exact) mass is 538 g/mol. The van der Waals surface area contributed by atoms with Crippen LogP contribution in [0.5, 0.6) is 5.75 Å². The summed E-state index contributed by atoms with van der Waals surface area (Å²) in [6.07, 6.45) is 1.83. The minimum Gasteiger partial charge on any atom is -0.488 e. The largest absolute Gasteiger partial charge is 0.488 e. The van der Waals surface area contributed by atoms with E-state index in [-0.39, 0.29) is 5.91 Å². The zero-order valence-electron chi connectivity index (χ0n) is 18.1. The van der Waals surface area contributed by atoms with Gasteiger partial charge < -0.3 is 10.1 Å². The fourth-order valence-corrected chi connectivity index (χ4v) is 4.87. The van der Waals surface area contributed by atoms with Gasteiger partial charge in [0.15, 0.2) is 5.17 Å². The van der Waals surface area contributed by atoms with Crippen LogP contribution < -0.4 is 10.1 Å². The molecule has 174 valence electrons. The molecule has 0 aliphatic carbocycles. The first-order chi connectivity index (χ1) is 17.0. The van der Waals surface area contributed by atoms with Crippen LogP contribution in [0.3, 0.4) is 0 Å².